The zero-order valence-corrected chi connectivity index (χ0v) is 20.8. The molecule has 0 spiro atoms. The number of primary amides is 1. The summed E-state index contributed by atoms with van der Waals surface area (Å²) in [4.78, 5) is 11.8. The van der Waals surface area contributed by atoms with Crippen LogP contribution in [0.4, 0.5) is 13.6 Å². The number of halogens is 2. The number of carbonyl (C=O) groups excluding carboxylic acids is 1. The summed E-state index contributed by atoms with van der Waals surface area (Å²) in [5, 5.41) is 32.8. The Kier molecular flexibility index (Phi) is 7.31. The van der Waals surface area contributed by atoms with Crippen LogP contribution in [0.15, 0.2) is 28.9 Å². The number of ether oxygens (including phenoxy) is 2. The predicted molar refractivity (Wildman–Crippen MR) is 124 cm³/mol. The minimum absolute atomic E-state index is 0.0185. The molecule has 0 aliphatic carbocycles. The van der Waals surface area contributed by atoms with Crippen molar-refractivity contribution in [1.82, 2.24) is 20.2 Å². The van der Waals surface area contributed by atoms with Crippen LogP contribution in [0.2, 0.25) is 0 Å². The summed E-state index contributed by atoms with van der Waals surface area (Å²) in [5.41, 5.74) is 5.69. The second kappa shape index (κ2) is 10.1. The summed E-state index contributed by atoms with van der Waals surface area (Å²) >= 11 is 0. The third kappa shape index (κ3) is 5.33. The summed E-state index contributed by atoms with van der Waals surface area (Å²) in [6.45, 7) is 6.75. The second-order valence-electron chi connectivity index (χ2n) is 10.1. The number of aliphatic hydroxyl groups is 2. The molecule has 200 valence electrons. The number of aryl methyl sites for hydroxylation is 1. The lowest BCUT2D eigenvalue weighted by atomic mass is 9.89. The molecule has 1 aliphatic heterocycles. The monoisotopic (exact) mass is 521 g/mol. The van der Waals surface area contributed by atoms with Crippen LogP contribution in [-0.4, -0.2) is 67.5 Å². The lowest BCUT2D eigenvalue weighted by Crippen LogP contribution is -2.58. The summed E-state index contributed by atoms with van der Waals surface area (Å²) in [6.07, 6.45) is -4.50. The van der Waals surface area contributed by atoms with Crippen molar-refractivity contribution in [3.8, 4) is 11.3 Å². The van der Waals surface area contributed by atoms with Gasteiger partial charge in [-0.05, 0) is 18.6 Å². The van der Waals surface area contributed by atoms with E-state index in [1.54, 1.807) is 6.07 Å². The molecule has 0 unspecified atom stereocenters. The number of aromatic nitrogens is 4. The summed E-state index contributed by atoms with van der Waals surface area (Å²) in [6, 6.07) is 3.35. The number of carbonyl (C=O) groups is 1. The average molecular weight is 522 g/mol. The van der Waals surface area contributed by atoms with Crippen molar-refractivity contribution >= 4 is 6.09 Å². The highest BCUT2D eigenvalue weighted by Crippen LogP contribution is 2.35. The van der Waals surface area contributed by atoms with Gasteiger partial charge in [0.15, 0.2) is 17.7 Å². The lowest BCUT2D eigenvalue weighted by molar-refractivity contribution is -0.204. The molecule has 13 heteroatoms. The molecule has 1 aliphatic rings. The van der Waals surface area contributed by atoms with Gasteiger partial charge < -0.3 is 29.9 Å². The summed E-state index contributed by atoms with van der Waals surface area (Å²) in [7, 11) is 0. The number of hydrogen-bond acceptors (Lipinski definition) is 9. The highest BCUT2D eigenvalue weighted by molar-refractivity contribution is 5.65. The van der Waals surface area contributed by atoms with Gasteiger partial charge in [0.05, 0.1) is 18.5 Å². The highest BCUT2D eigenvalue weighted by Gasteiger charge is 2.49. The van der Waals surface area contributed by atoms with Gasteiger partial charge >= 0.3 is 6.09 Å². The minimum Gasteiger partial charge on any atom is -0.441 e. The maximum absolute atomic E-state index is 14.6. The molecule has 4 N–H and O–H groups in total. The van der Waals surface area contributed by atoms with Crippen LogP contribution in [0.3, 0.4) is 0 Å². The van der Waals surface area contributed by atoms with Crippen molar-refractivity contribution < 1.29 is 37.8 Å². The molecule has 5 atom stereocenters. The fourth-order valence-electron chi connectivity index (χ4n) is 4.27. The summed E-state index contributed by atoms with van der Waals surface area (Å²) in [5.74, 6) is -1.71. The molecule has 0 radical (unpaired) electrons. The molecule has 1 aromatic carbocycles. The van der Waals surface area contributed by atoms with Gasteiger partial charge in [0.2, 0.25) is 0 Å². The van der Waals surface area contributed by atoms with Crippen LogP contribution in [-0.2, 0) is 21.3 Å². The Balaban J connectivity index is 1.71. The van der Waals surface area contributed by atoms with Gasteiger partial charge in [-0.3, -0.25) is 0 Å². The van der Waals surface area contributed by atoms with E-state index in [1.165, 1.54) is 25.3 Å². The Morgan fingerprint density at radius 2 is 1.97 bits per heavy atom. The van der Waals surface area contributed by atoms with E-state index in [9.17, 15) is 23.8 Å². The molecule has 0 bridgehead atoms. The number of aliphatic hydroxyl groups excluding tert-OH is 2. The van der Waals surface area contributed by atoms with Crippen molar-refractivity contribution in [2.45, 2.75) is 70.0 Å². The van der Waals surface area contributed by atoms with E-state index < -0.39 is 54.8 Å². The maximum Gasteiger partial charge on any atom is 0.404 e. The van der Waals surface area contributed by atoms with Crippen LogP contribution in [0, 0.1) is 18.6 Å². The Morgan fingerprint density at radius 1 is 1.24 bits per heavy atom. The molecule has 2 aromatic heterocycles. The number of benzene rings is 1. The molecule has 37 heavy (non-hydrogen) atoms. The maximum atomic E-state index is 14.6. The smallest absolute Gasteiger partial charge is 0.404 e. The van der Waals surface area contributed by atoms with E-state index in [4.69, 9.17) is 19.7 Å². The van der Waals surface area contributed by atoms with Crippen molar-refractivity contribution in [2.24, 2.45) is 5.73 Å². The average Bonchev–Trinajstić information content (AvgIpc) is 3.49. The first-order chi connectivity index (χ1) is 17.4. The Morgan fingerprint density at radius 3 is 2.59 bits per heavy atom. The lowest BCUT2D eigenvalue weighted by Gasteiger charge is -2.43. The van der Waals surface area contributed by atoms with E-state index in [2.05, 4.69) is 15.5 Å². The van der Waals surface area contributed by atoms with E-state index in [1.807, 2.05) is 20.8 Å². The fraction of sp³-hybridized carbons (Fsp3) is 0.500. The first-order valence-corrected chi connectivity index (χ1v) is 11.6. The van der Waals surface area contributed by atoms with Gasteiger partial charge in [0, 0.05) is 23.5 Å². The van der Waals surface area contributed by atoms with Gasteiger partial charge in [-0.1, -0.05) is 37.2 Å². The van der Waals surface area contributed by atoms with Crippen molar-refractivity contribution in [3.05, 3.63) is 53.0 Å². The molecular weight excluding hydrogens is 492 g/mol. The normalized spacial score (nSPS) is 24.3. The van der Waals surface area contributed by atoms with Crippen molar-refractivity contribution in [3.63, 3.8) is 0 Å². The van der Waals surface area contributed by atoms with E-state index in [0.29, 0.717) is 11.5 Å². The Bertz CT molecular complexity index is 1270. The van der Waals surface area contributed by atoms with Crippen LogP contribution in [0.5, 0.6) is 0 Å². The molecule has 0 saturated carbocycles. The third-order valence-electron chi connectivity index (χ3n) is 6.31. The topological polar surface area (TPSA) is 159 Å². The van der Waals surface area contributed by atoms with Gasteiger partial charge in [0.25, 0.3) is 0 Å². The van der Waals surface area contributed by atoms with Crippen molar-refractivity contribution in [1.29, 1.82) is 0 Å². The Hall–Kier alpha value is -3.42. The highest BCUT2D eigenvalue weighted by atomic mass is 19.2. The number of nitrogens with zero attached hydrogens (tertiary/aromatic N) is 4. The zero-order chi connectivity index (χ0) is 27.1. The van der Waals surface area contributed by atoms with Crippen LogP contribution in [0.1, 0.15) is 43.8 Å². The number of rotatable bonds is 6. The standard InChI is InChI=1S/C24H29F2N5O6/c1-11-5-6-13(19(26)18(11)25)14-9-31(30-28-14)20-21(33)16(10-32)35-15(22(20)36-23(27)34)7-12-8-17(29-37-12)24(2,3)4/h5-6,8-9,15-16,20-22,32-33H,7,10H2,1-4H3,(H2,27,34)/t15-,16-,20+,21+,22+/m1/s1. The van der Waals surface area contributed by atoms with Crippen LogP contribution < -0.4 is 5.73 Å². The quantitative estimate of drug-likeness (QED) is 0.442. The van der Waals surface area contributed by atoms with Crippen LogP contribution >= 0.6 is 0 Å². The Labute approximate surface area is 211 Å². The first kappa shape index (κ1) is 26.6. The van der Waals surface area contributed by atoms with Gasteiger partial charge in [0.1, 0.15) is 35.8 Å². The van der Waals surface area contributed by atoms with Gasteiger partial charge in [-0.25, -0.2) is 18.3 Å². The van der Waals surface area contributed by atoms with Crippen LogP contribution in [0.25, 0.3) is 11.3 Å². The van der Waals surface area contributed by atoms with E-state index in [0.717, 1.165) is 4.68 Å². The molecule has 3 heterocycles. The molecule has 11 nitrogen and oxygen atoms in total. The number of amides is 1. The molecular formula is C24H29F2N5O6. The summed E-state index contributed by atoms with van der Waals surface area (Å²) < 4.78 is 46.5. The van der Waals surface area contributed by atoms with Crippen molar-refractivity contribution in [2.75, 3.05) is 6.61 Å². The number of nitrogens with two attached hydrogens (primary N) is 1. The van der Waals surface area contributed by atoms with E-state index in [-0.39, 0.29) is 28.7 Å². The zero-order valence-electron chi connectivity index (χ0n) is 20.8. The van der Waals surface area contributed by atoms with Gasteiger partial charge in [-0.15, -0.1) is 5.10 Å². The molecule has 1 saturated heterocycles. The third-order valence-corrected chi connectivity index (χ3v) is 6.31. The minimum atomic E-state index is -1.43. The number of hydrogen-bond donors (Lipinski definition) is 3. The fourth-order valence-corrected chi connectivity index (χ4v) is 4.27. The molecule has 3 aromatic rings. The predicted octanol–water partition coefficient (Wildman–Crippen LogP) is 2.19. The van der Waals surface area contributed by atoms with E-state index >= 15 is 0 Å². The second-order valence-corrected chi connectivity index (χ2v) is 10.1. The SMILES string of the molecule is Cc1ccc(-c2cn([C@H]3[C@@H](O)[C@@H](CO)O[C@H](Cc4cc(C(C)(C)C)no4)[C@@H]3OC(N)=O)nn2)c(F)c1F. The largest absolute Gasteiger partial charge is 0.441 e. The molecule has 4 rings (SSSR count). The molecule has 1 amide bonds. The first-order valence-electron chi connectivity index (χ1n) is 11.6. The molecule has 1 fully saturated rings. The van der Waals surface area contributed by atoms with Gasteiger partial charge in [-0.2, -0.15) is 0 Å².